The van der Waals surface area contributed by atoms with Gasteiger partial charge in [0.2, 0.25) is 0 Å². The van der Waals surface area contributed by atoms with Crippen LogP contribution in [0.5, 0.6) is 0 Å². The van der Waals surface area contributed by atoms with Gasteiger partial charge in [-0.15, -0.1) is 11.3 Å². The van der Waals surface area contributed by atoms with Gasteiger partial charge >= 0.3 is 0 Å². The minimum Gasteiger partial charge on any atom is -0.396 e. The number of fused-ring (bicyclic) bond motifs is 1. The molecule has 2 N–H and O–H groups in total. The second-order valence-electron chi connectivity index (χ2n) is 6.75. The number of aliphatic hydroxyl groups is 1. The number of aromatic nitrogens is 2. The van der Waals surface area contributed by atoms with Gasteiger partial charge in [-0.2, -0.15) is 0 Å². The van der Waals surface area contributed by atoms with Crippen molar-refractivity contribution in [2.24, 2.45) is 5.92 Å². The molecule has 0 aromatic carbocycles. The molecule has 2 aliphatic rings. The zero-order valence-electron chi connectivity index (χ0n) is 13.0. The highest BCUT2D eigenvalue weighted by Crippen LogP contribution is 2.43. The zero-order chi connectivity index (χ0) is 15.8. The Morgan fingerprint density at radius 3 is 2.74 bits per heavy atom. The lowest BCUT2D eigenvalue weighted by molar-refractivity contribution is 0.0914. The summed E-state index contributed by atoms with van der Waals surface area (Å²) in [5, 5.41) is 13.5. The lowest BCUT2D eigenvalue weighted by atomic mass is 9.86. The lowest BCUT2D eigenvalue weighted by Gasteiger charge is -2.27. The first kappa shape index (κ1) is 15.0. The number of nitrogens with one attached hydrogen (secondary N) is 1. The van der Waals surface area contributed by atoms with Gasteiger partial charge in [0.25, 0.3) is 5.91 Å². The fourth-order valence-electron chi connectivity index (χ4n) is 3.22. The van der Waals surface area contributed by atoms with E-state index in [2.05, 4.69) is 15.3 Å². The Morgan fingerprint density at radius 2 is 2.04 bits per heavy atom. The molecule has 0 aliphatic heterocycles. The first-order chi connectivity index (χ1) is 11.2. The van der Waals surface area contributed by atoms with Crippen molar-refractivity contribution in [3.63, 3.8) is 0 Å². The number of carbonyl (C=O) groups excluding carboxylic acids is 1. The molecule has 2 aromatic heterocycles. The molecule has 0 saturated heterocycles. The molecule has 6 heteroatoms. The first-order valence-electron chi connectivity index (χ1n) is 8.41. The van der Waals surface area contributed by atoms with E-state index < -0.39 is 0 Å². The number of hydrogen-bond acceptors (Lipinski definition) is 5. The highest BCUT2D eigenvalue weighted by molar-refractivity contribution is 7.18. The van der Waals surface area contributed by atoms with Gasteiger partial charge in [-0.3, -0.25) is 4.79 Å². The Morgan fingerprint density at radius 1 is 1.26 bits per heavy atom. The highest BCUT2D eigenvalue weighted by atomic mass is 32.1. The van der Waals surface area contributed by atoms with Gasteiger partial charge < -0.3 is 10.4 Å². The molecule has 23 heavy (non-hydrogen) atoms. The van der Waals surface area contributed by atoms with Crippen LogP contribution in [0, 0.1) is 5.92 Å². The summed E-state index contributed by atoms with van der Waals surface area (Å²) < 4.78 is 1.00. The van der Waals surface area contributed by atoms with Crippen molar-refractivity contribution < 1.29 is 9.90 Å². The number of pyridine rings is 1. The van der Waals surface area contributed by atoms with Crippen molar-refractivity contribution in [2.75, 3.05) is 6.61 Å². The molecule has 2 fully saturated rings. The van der Waals surface area contributed by atoms with E-state index in [1.165, 1.54) is 12.8 Å². The quantitative estimate of drug-likeness (QED) is 0.903. The van der Waals surface area contributed by atoms with E-state index in [1.807, 2.05) is 6.07 Å². The van der Waals surface area contributed by atoms with Crippen molar-refractivity contribution in [3.05, 3.63) is 22.8 Å². The number of hydrogen-bond donors (Lipinski definition) is 2. The van der Waals surface area contributed by atoms with Gasteiger partial charge in [0.15, 0.2) is 5.65 Å². The second-order valence-corrected chi connectivity index (χ2v) is 7.81. The van der Waals surface area contributed by atoms with Crippen molar-refractivity contribution >= 4 is 27.6 Å². The molecule has 0 bridgehead atoms. The molecule has 0 radical (unpaired) electrons. The summed E-state index contributed by atoms with van der Waals surface area (Å²) >= 11 is 1.67. The number of nitrogens with zero attached hydrogens (tertiary/aromatic N) is 2. The van der Waals surface area contributed by atoms with Crippen LogP contribution in [0.4, 0.5) is 0 Å². The Labute approximate surface area is 139 Å². The van der Waals surface area contributed by atoms with Crippen LogP contribution >= 0.6 is 11.3 Å². The fourth-order valence-corrected chi connectivity index (χ4v) is 4.36. The number of aliphatic hydroxyl groups excluding tert-OH is 1. The molecule has 2 aliphatic carbocycles. The van der Waals surface area contributed by atoms with Gasteiger partial charge in [0.1, 0.15) is 0 Å². The Bertz CT molecular complexity index is 718. The van der Waals surface area contributed by atoms with Crippen LogP contribution in [0.2, 0.25) is 0 Å². The largest absolute Gasteiger partial charge is 0.396 e. The average molecular weight is 331 g/mol. The summed E-state index contributed by atoms with van der Waals surface area (Å²) in [5.74, 6) is 0.973. The van der Waals surface area contributed by atoms with E-state index in [0.717, 1.165) is 41.0 Å². The third-order valence-electron chi connectivity index (χ3n) is 4.89. The maximum atomic E-state index is 12.4. The van der Waals surface area contributed by atoms with Crippen molar-refractivity contribution in [1.82, 2.24) is 15.3 Å². The van der Waals surface area contributed by atoms with E-state index in [0.29, 0.717) is 17.4 Å². The average Bonchev–Trinajstić information content (AvgIpc) is 3.34. The summed E-state index contributed by atoms with van der Waals surface area (Å²) in [4.78, 5) is 21.4. The van der Waals surface area contributed by atoms with E-state index in [-0.39, 0.29) is 18.6 Å². The summed E-state index contributed by atoms with van der Waals surface area (Å²) in [6, 6.07) is 2.13. The van der Waals surface area contributed by atoms with Crippen LogP contribution in [0.15, 0.2) is 12.3 Å². The van der Waals surface area contributed by atoms with Gasteiger partial charge in [-0.05, 0) is 50.5 Å². The van der Waals surface area contributed by atoms with Crippen molar-refractivity contribution in [3.8, 4) is 0 Å². The summed E-state index contributed by atoms with van der Waals surface area (Å²) in [6.07, 6.45) is 7.94. The van der Waals surface area contributed by atoms with Gasteiger partial charge in [-0.1, -0.05) is 0 Å². The predicted molar refractivity (Wildman–Crippen MR) is 89.7 cm³/mol. The number of rotatable bonds is 4. The molecule has 2 heterocycles. The van der Waals surface area contributed by atoms with E-state index >= 15 is 0 Å². The molecule has 0 unspecified atom stereocenters. The van der Waals surface area contributed by atoms with Gasteiger partial charge in [0.05, 0.1) is 15.3 Å². The smallest absolute Gasteiger partial charge is 0.253 e. The van der Waals surface area contributed by atoms with E-state index in [9.17, 15) is 9.90 Å². The molecule has 4 rings (SSSR count). The van der Waals surface area contributed by atoms with Crippen LogP contribution in [-0.2, 0) is 0 Å². The van der Waals surface area contributed by atoms with Crippen molar-refractivity contribution in [2.45, 2.75) is 50.5 Å². The predicted octanol–water partition coefficient (Wildman–Crippen LogP) is 2.85. The molecule has 2 aromatic rings. The SMILES string of the molecule is O=C(N[C@H]1CC[C@H](CO)CC1)c1cnc2nc(C3CC3)sc2c1. The van der Waals surface area contributed by atoms with Crippen LogP contribution in [0.1, 0.15) is 59.8 Å². The molecule has 5 nitrogen and oxygen atoms in total. The van der Waals surface area contributed by atoms with Crippen LogP contribution < -0.4 is 5.32 Å². The minimum absolute atomic E-state index is 0.0479. The topological polar surface area (TPSA) is 75.1 Å². The third-order valence-corrected chi connectivity index (χ3v) is 6.05. The normalized spacial score (nSPS) is 24.7. The maximum Gasteiger partial charge on any atom is 0.253 e. The lowest BCUT2D eigenvalue weighted by Crippen LogP contribution is -2.38. The van der Waals surface area contributed by atoms with E-state index in [1.54, 1.807) is 17.5 Å². The molecule has 0 spiro atoms. The molecule has 1 amide bonds. The fraction of sp³-hybridized carbons (Fsp3) is 0.588. The molecule has 0 atom stereocenters. The van der Waals surface area contributed by atoms with Crippen LogP contribution in [0.25, 0.3) is 10.3 Å². The molecular formula is C17H21N3O2S. The molecule has 122 valence electrons. The summed E-state index contributed by atoms with van der Waals surface area (Å²) in [5.41, 5.74) is 1.38. The summed E-state index contributed by atoms with van der Waals surface area (Å²) in [7, 11) is 0. The summed E-state index contributed by atoms with van der Waals surface area (Å²) in [6.45, 7) is 0.260. The van der Waals surface area contributed by atoms with E-state index in [4.69, 9.17) is 0 Å². The highest BCUT2D eigenvalue weighted by Gasteiger charge is 2.27. The zero-order valence-corrected chi connectivity index (χ0v) is 13.8. The number of amides is 1. The van der Waals surface area contributed by atoms with Crippen LogP contribution in [0.3, 0.4) is 0 Å². The minimum atomic E-state index is -0.0479. The van der Waals surface area contributed by atoms with Gasteiger partial charge in [-0.25, -0.2) is 9.97 Å². The van der Waals surface area contributed by atoms with Crippen molar-refractivity contribution in [1.29, 1.82) is 0 Å². The Balaban J connectivity index is 1.44. The maximum absolute atomic E-state index is 12.4. The standard InChI is InChI=1S/C17H21N3O2S/c21-9-10-1-5-13(6-2-10)19-16(22)12-7-14-15(18-8-12)20-17(23-14)11-3-4-11/h7-8,10-11,13,21H,1-6,9H2,(H,19,22)/t10-,13-. The first-order valence-corrected chi connectivity index (χ1v) is 9.23. The molecule has 2 saturated carbocycles. The monoisotopic (exact) mass is 331 g/mol. The van der Waals surface area contributed by atoms with Gasteiger partial charge in [0, 0.05) is 24.8 Å². The molecular weight excluding hydrogens is 310 g/mol. The Kier molecular flexibility index (Phi) is 4.03. The second kappa shape index (κ2) is 6.17. The third kappa shape index (κ3) is 3.23. The Hall–Kier alpha value is -1.53. The number of thiazole rings is 1. The van der Waals surface area contributed by atoms with Crippen LogP contribution in [-0.4, -0.2) is 33.6 Å². The number of carbonyl (C=O) groups is 1.